The van der Waals surface area contributed by atoms with Crippen LogP contribution in [0.2, 0.25) is 10.0 Å². The van der Waals surface area contributed by atoms with Crippen molar-refractivity contribution in [2.75, 3.05) is 13.1 Å². The van der Waals surface area contributed by atoms with Crippen LogP contribution in [0.15, 0.2) is 52.1 Å². The van der Waals surface area contributed by atoms with Gasteiger partial charge < -0.3 is 4.90 Å². The average molecular weight is 461 g/mol. The van der Waals surface area contributed by atoms with Gasteiger partial charge in [0.1, 0.15) is 0 Å². The highest BCUT2D eigenvalue weighted by Gasteiger charge is 2.24. The fourth-order valence-electron chi connectivity index (χ4n) is 3.13. The number of carbonyl (C=O) groups excluding carboxylic acids is 1. The van der Waals surface area contributed by atoms with Crippen molar-refractivity contribution in [3.63, 3.8) is 0 Å². The Morgan fingerprint density at radius 1 is 1.03 bits per heavy atom. The molecule has 0 saturated heterocycles. The number of hydrogen-bond donors (Lipinski definition) is 0. The maximum Gasteiger partial charge on any atom is 0.352 e. The highest BCUT2D eigenvalue weighted by Crippen LogP contribution is 2.18. The highest BCUT2D eigenvalue weighted by molar-refractivity contribution is 6.31. The summed E-state index contributed by atoms with van der Waals surface area (Å²) in [4.78, 5) is 40.9. The predicted molar refractivity (Wildman–Crippen MR) is 122 cm³/mol. The summed E-state index contributed by atoms with van der Waals surface area (Å²) in [5.41, 5.74) is -0.0574. The lowest BCUT2D eigenvalue weighted by atomic mass is 10.2. The number of amides is 1. The van der Waals surface area contributed by atoms with E-state index in [1.54, 1.807) is 56.3 Å². The first kappa shape index (κ1) is 22.8. The van der Waals surface area contributed by atoms with Crippen LogP contribution >= 0.6 is 23.2 Å². The highest BCUT2D eigenvalue weighted by atomic mass is 35.5. The topological polar surface area (TPSA) is 77.2 Å². The number of rotatable bonds is 6. The van der Waals surface area contributed by atoms with Crippen LogP contribution < -0.4 is 11.2 Å². The number of aromatic nitrogens is 3. The number of benzene rings is 2. The molecule has 0 unspecified atom stereocenters. The number of aryl methyl sites for hydroxylation is 1. The quantitative estimate of drug-likeness (QED) is 0.563. The van der Waals surface area contributed by atoms with E-state index in [-0.39, 0.29) is 12.2 Å². The van der Waals surface area contributed by atoms with E-state index < -0.39 is 17.2 Å². The molecule has 0 aliphatic heterocycles. The van der Waals surface area contributed by atoms with Crippen molar-refractivity contribution in [1.29, 1.82) is 0 Å². The van der Waals surface area contributed by atoms with Gasteiger partial charge in [0.25, 0.3) is 11.5 Å². The SMILES string of the molecule is CCN(CC)C(=O)c1nn(-c2ccc(C)c(Cl)c2)c(=O)n(Cc2ccccc2Cl)c1=O. The molecule has 0 aliphatic carbocycles. The Bertz CT molecular complexity index is 1250. The van der Waals surface area contributed by atoms with Crippen molar-refractivity contribution >= 4 is 29.1 Å². The van der Waals surface area contributed by atoms with E-state index in [1.165, 1.54) is 4.90 Å². The zero-order valence-electron chi connectivity index (χ0n) is 17.4. The summed E-state index contributed by atoms with van der Waals surface area (Å²) < 4.78 is 2.00. The molecule has 31 heavy (non-hydrogen) atoms. The molecule has 2 aromatic carbocycles. The third-order valence-electron chi connectivity index (χ3n) is 5.00. The van der Waals surface area contributed by atoms with Gasteiger partial charge in [-0.2, -0.15) is 9.78 Å². The summed E-state index contributed by atoms with van der Waals surface area (Å²) >= 11 is 12.5. The number of halogens is 2. The van der Waals surface area contributed by atoms with Crippen LogP contribution in [0, 0.1) is 6.92 Å². The van der Waals surface area contributed by atoms with Gasteiger partial charge in [0, 0.05) is 23.1 Å². The predicted octanol–water partition coefficient (Wildman–Crippen LogP) is 3.54. The lowest BCUT2D eigenvalue weighted by Gasteiger charge is -2.19. The van der Waals surface area contributed by atoms with E-state index in [0.29, 0.717) is 34.4 Å². The molecule has 3 aromatic rings. The van der Waals surface area contributed by atoms with Crippen molar-refractivity contribution in [1.82, 2.24) is 19.2 Å². The largest absolute Gasteiger partial charge is 0.352 e. The smallest absolute Gasteiger partial charge is 0.338 e. The van der Waals surface area contributed by atoms with E-state index in [4.69, 9.17) is 23.2 Å². The zero-order chi connectivity index (χ0) is 22.7. The first-order chi connectivity index (χ1) is 14.8. The minimum atomic E-state index is -0.767. The standard InChI is InChI=1S/C22H22Cl2N4O3/c1-4-26(5-2)20(29)19-21(30)27(13-15-8-6-7-9-17(15)23)22(31)28(25-19)16-11-10-14(3)18(24)12-16/h6-12H,4-5,13H2,1-3H3. The van der Waals surface area contributed by atoms with Gasteiger partial charge in [-0.3, -0.25) is 14.2 Å². The van der Waals surface area contributed by atoms with Gasteiger partial charge in [-0.1, -0.05) is 47.5 Å². The third kappa shape index (κ3) is 4.57. The van der Waals surface area contributed by atoms with Crippen molar-refractivity contribution in [3.8, 4) is 5.69 Å². The maximum absolute atomic E-state index is 13.2. The molecule has 0 spiro atoms. The second kappa shape index (κ2) is 9.49. The van der Waals surface area contributed by atoms with Crippen LogP contribution in [0.3, 0.4) is 0 Å². The zero-order valence-corrected chi connectivity index (χ0v) is 18.9. The summed E-state index contributed by atoms with van der Waals surface area (Å²) in [5.74, 6) is -0.546. The Hall–Kier alpha value is -2.90. The molecule has 7 nitrogen and oxygen atoms in total. The van der Waals surface area contributed by atoms with Gasteiger partial charge in [-0.05, 0) is 50.1 Å². The Balaban J connectivity index is 2.28. The lowest BCUT2D eigenvalue weighted by molar-refractivity contribution is 0.0761. The second-order valence-electron chi connectivity index (χ2n) is 6.94. The van der Waals surface area contributed by atoms with E-state index in [0.717, 1.165) is 14.8 Å². The van der Waals surface area contributed by atoms with Crippen LogP contribution in [-0.4, -0.2) is 38.2 Å². The minimum absolute atomic E-state index is 0.0992. The van der Waals surface area contributed by atoms with Crippen molar-refractivity contribution in [2.24, 2.45) is 0 Å². The molecular formula is C22H22Cl2N4O3. The molecule has 1 aromatic heterocycles. The van der Waals surface area contributed by atoms with Gasteiger partial charge in [0.15, 0.2) is 0 Å². The van der Waals surface area contributed by atoms with E-state index in [9.17, 15) is 14.4 Å². The van der Waals surface area contributed by atoms with Crippen molar-refractivity contribution in [3.05, 3.63) is 90.2 Å². The molecule has 1 heterocycles. The maximum atomic E-state index is 13.2. The molecule has 3 rings (SSSR count). The Morgan fingerprint density at radius 2 is 1.71 bits per heavy atom. The van der Waals surface area contributed by atoms with E-state index in [2.05, 4.69) is 5.10 Å². The lowest BCUT2D eigenvalue weighted by Crippen LogP contribution is -2.46. The molecule has 1 amide bonds. The summed E-state index contributed by atoms with van der Waals surface area (Å²) in [6.07, 6.45) is 0. The third-order valence-corrected chi connectivity index (χ3v) is 5.78. The Labute approximate surface area is 189 Å². The monoisotopic (exact) mass is 460 g/mol. The average Bonchev–Trinajstić information content (AvgIpc) is 2.75. The molecule has 9 heteroatoms. The molecule has 162 valence electrons. The van der Waals surface area contributed by atoms with Crippen molar-refractivity contribution < 1.29 is 4.79 Å². The molecule has 0 fully saturated rings. The molecule has 0 bridgehead atoms. The number of hydrogen-bond acceptors (Lipinski definition) is 4. The van der Waals surface area contributed by atoms with Crippen LogP contribution in [-0.2, 0) is 6.54 Å². The number of nitrogens with zero attached hydrogens (tertiary/aromatic N) is 4. The second-order valence-corrected chi connectivity index (χ2v) is 7.75. The summed E-state index contributed by atoms with van der Waals surface area (Å²) in [6, 6.07) is 11.9. The van der Waals surface area contributed by atoms with E-state index >= 15 is 0 Å². The summed E-state index contributed by atoms with van der Waals surface area (Å²) in [6.45, 7) is 6.14. The molecule has 0 aliphatic rings. The molecule has 0 N–H and O–H groups in total. The van der Waals surface area contributed by atoms with Crippen LogP contribution in [0.25, 0.3) is 5.69 Å². The molecule has 0 saturated carbocycles. The molecule has 0 radical (unpaired) electrons. The first-order valence-corrected chi connectivity index (χ1v) is 10.6. The summed E-state index contributed by atoms with van der Waals surface area (Å²) in [5, 5.41) is 4.99. The Kier molecular flexibility index (Phi) is 6.97. The fraction of sp³-hybridized carbons (Fsp3) is 0.273. The van der Waals surface area contributed by atoms with Crippen LogP contribution in [0.1, 0.15) is 35.5 Å². The fourth-order valence-corrected chi connectivity index (χ4v) is 3.50. The van der Waals surface area contributed by atoms with Gasteiger partial charge in [0.05, 0.1) is 12.2 Å². The van der Waals surface area contributed by atoms with Gasteiger partial charge in [0.2, 0.25) is 5.69 Å². The van der Waals surface area contributed by atoms with Gasteiger partial charge >= 0.3 is 5.69 Å². The number of carbonyl (C=O) groups is 1. The van der Waals surface area contributed by atoms with E-state index in [1.807, 2.05) is 6.92 Å². The van der Waals surface area contributed by atoms with Gasteiger partial charge in [-0.15, -0.1) is 0 Å². The molecular weight excluding hydrogens is 439 g/mol. The minimum Gasteiger partial charge on any atom is -0.338 e. The first-order valence-electron chi connectivity index (χ1n) is 9.81. The van der Waals surface area contributed by atoms with Gasteiger partial charge in [-0.25, -0.2) is 4.79 Å². The normalized spacial score (nSPS) is 10.9. The van der Waals surface area contributed by atoms with Crippen molar-refractivity contribution in [2.45, 2.75) is 27.3 Å². The van der Waals surface area contributed by atoms with Crippen LogP contribution in [0.5, 0.6) is 0 Å². The molecule has 0 atom stereocenters. The Morgan fingerprint density at radius 3 is 2.32 bits per heavy atom. The summed E-state index contributed by atoms with van der Waals surface area (Å²) in [7, 11) is 0. The van der Waals surface area contributed by atoms with Crippen LogP contribution in [0.4, 0.5) is 0 Å².